The molecule has 0 fully saturated rings. The summed E-state index contributed by atoms with van der Waals surface area (Å²) in [4.78, 5) is 0. The van der Waals surface area contributed by atoms with E-state index < -0.39 is 0 Å². The van der Waals surface area contributed by atoms with Crippen LogP contribution in [0.1, 0.15) is 38.8 Å². The van der Waals surface area contributed by atoms with Gasteiger partial charge >= 0.3 is 0 Å². The van der Waals surface area contributed by atoms with E-state index in [4.69, 9.17) is 0 Å². The Kier molecular flexibility index (Phi) is 4.77. The van der Waals surface area contributed by atoms with Crippen molar-refractivity contribution in [3.63, 3.8) is 0 Å². The van der Waals surface area contributed by atoms with E-state index in [0.717, 1.165) is 5.57 Å². The largest absolute Gasteiger partial charge is 0.102 e. The van der Waals surface area contributed by atoms with Crippen LogP contribution in [0.3, 0.4) is 0 Å². The zero-order valence-electron chi connectivity index (χ0n) is 17.6. The van der Waals surface area contributed by atoms with Crippen molar-refractivity contribution in [1.29, 1.82) is 0 Å². The van der Waals surface area contributed by atoms with Gasteiger partial charge in [0.15, 0.2) is 0 Å². The Labute approximate surface area is 174 Å². The van der Waals surface area contributed by atoms with E-state index in [2.05, 4.69) is 106 Å². The van der Waals surface area contributed by atoms with Crippen LogP contribution in [0.5, 0.6) is 0 Å². The highest BCUT2D eigenvalue weighted by Crippen LogP contribution is 2.61. The van der Waals surface area contributed by atoms with Crippen LogP contribution in [0.15, 0.2) is 107 Å². The van der Waals surface area contributed by atoms with Crippen molar-refractivity contribution in [1.82, 2.24) is 0 Å². The van der Waals surface area contributed by atoms with Gasteiger partial charge in [-0.1, -0.05) is 79.3 Å². The summed E-state index contributed by atoms with van der Waals surface area (Å²) in [5.41, 5.74) is 11.4. The normalized spacial score (nSPS) is 16.9. The summed E-state index contributed by atoms with van der Waals surface area (Å²) in [5, 5.41) is 0. The van der Waals surface area contributed by atoms with Gasteiger partial charge in [0.1, 0.15) is 0 Å². The Hall–Kier alpha value is -3.30. The monoisotopic (exact) mass is 374 g/mol. The quantitative estimate of drug-likeness (QED) is 0.390. The molecule has 0 N–H and O–H groups in total. The molecule has 2 aliphatic rings. The van der Waals surface area contributed by atoms with Crippen molar-refractivity contribution in [3.8, 4) is 23.0 Å². The topological polar surface area (TPSA) is 0 Å². The third-order valence-corrected chi connectivity index (χ3v) is 6.21. The van der Waals surface area contributed by atoms with Crippen LogP contribution in [0, 0.1) is 11.8 Å². The molecular weight excluding hydrogens is 348 g/mol. The summed E-state index contributed by atoms with van der Waals surface area (Å²) < 4.78 is 0. The lowest BCUT2D eigenvalue weighted by atomic mass is 9.68. The standard InChI is InChI=1S/C29H26/c1-6-8-16-25-21(4)22(5)28(19-20(3)13-7-2)29(25)26-17-11-9-14-23(26)24-15-10-12-18-27(24)29/h6,8-12,14-19H,1H2,2-5H3/b16-8-,20-19-. The van der Waals surface area contributed by atoms with Crippen molar-refractivity contribution < 1.29 is 0 Å². The molecule has 0 saturated carbocycles. The van der Waals surface area contributed by atoms with Crippen molar-refractivity contribution in [2.45, 2.75) is 33.1 Å². The molecule has 2 aromatic rings. The Morgan fingerprint density at radius 2 is 1.45 bits per heavy atom. The van der Waals surface area contributed by atoms with E-state index in [1.54, 1.807) is 0 Å². The van der Waals surface area contributed by atoms with Crippen LogP contribution < -0.4 is 0 Å². The predicted octanol–water partition coefficient (Wildman–Crippen LogP) is 7.31. The van der Waals surface area contributed by atoms with E-state index in [1.807, 2.05) is 13.0 Å². The van der Waals surface area contributed by atoms with E-state index in [-0.39, 0.29) is 5.41 Å². The summed E-state index contributed by atoms with van der Waals surface area (Å²) in [7, 11) is 0. The molecule has 4 rings (SSSR count). The van der Waals surface area contributed by atoms with Crippen LogP contribution in [0.2, 0.25) is 0 Å². The highest BCUT2D eigenvalue weighted by molar-refractivity contribution is 5.89. The molecule has 0 aromatic heterocycles. The molecule has 0 aliphatic heterocycles. The van der Waals surface area contributed by atoms with Gasteiger partial charge < -0.3 is 0 Å². The van der Waals surface area contributed by atoms with Crippen LogP contribution >= 0.6 is 0 Å². The van der Waals surface area contributed by atoms with E-state index in [0.29, 0.717) is 0 Å². The van der Waals surface area contributed by atoms with Gasteiger partial charge in [0, 0.05) is 0 Å². The van der Waals surface area contributed by atoms with Gasteiger partial charge in [-0.2, -0.15) is 0 Å². The second kappa shape index (κ2) is 7.26. The van der Waals surface area contributed by atoms with Crippen molar-refractivity contribution in [3.05, 3.63) is 118 Å². The van der Waals surface area contributed by atoms with E-state index >= 15 is 0 Å². The van der Waals surface area contributed by atoms with Gasteiger partial charge in [0.2, 0.25) is 0 Å². The van der Waals surface area contributed by atoms with Gasteiger partial charge in [-0.05, 0) is 83.9 Å². The molecule has 0 saturated heterocycles. The molecule has 0 nitrogen and oxygen atoms in total. The third-order valence-electron chi connectivity index (χ3n) is 6.21. The van der Waals surface area contributed by atoms with Gasteiger partial charge in [0.25, 0.3) is 0 Å². The van der Waals surface area contributed by atoms with Gasteiger partial charge in [-0.15, -0.1) is 5.92 Å². The number of fused-ring (bicyclic) bond motifs is 5. The maximum Gasteiger partial charge on any atom is 0.0719 e. The van der Waals surface area contributed by atoms with Crippen LogP contribution in [0.4, 0.5) is 0 Å². The maximum absolute atomic E-state index is 3.91. The van der Waals surface area contributed by atoms with Crippen molar-refractivity contribution >= 4 is 0 Å². The fourth-order valence-electron chi connectivity index (χ4n) is 5.01. The first-order valence-electron chi connectivity index (χ1n) is 10.1. The SMILES string of the molecule is C=C/C=C\C1=C(C)C(C)=C(/C=C(/C)C#CC)C12c1ccccc1-c1ccccc12. The molecule has 2 aromatic carbocycles. The minimum atomic E-state index is -0.308. The van der Waals surface area contributed by atoms with E-state index in [9.17, 15) is 0 Å². The highest BCUT2D eigenvalue weighted by Gasteiger charge is 2.51. The lowest BCUT2D eigenvalue weighted by Gasteiger charge is -2.33. The number of rotatable bonds is 3. The molecule has 0 radical (unpaired) electrons. The summed E-state index contributed by atoms with van der Waals surface area (Å²) >= 11 is 0. The third kappa shape index (κ3) is 2.62. The highest BCUT2D eigenvalue weighted by atomic mass is 14.5. The van der Waals surface area contributed by atoms with Crippen molar-refractivity contribution in [2.75, 3.05) is 0 Å². The van der Waals surface area contributed by atoms with Crippen LogP contribution in [-0.2, 0) is 5.41 Å². The number of allylic oxidation sites excluding steroid dienone is 9. The molecular formula is C29H26. The number of hydrogen-bond donors (Lipinski definition) is 0. The smallest absolute Gasteiger partial charge is 0.0719 e. The zero-order chi connectivity index (χ0) is 20.6. The Morgan fingerprint density at radius 1 is 0.897 bits per heavy atom. The zero-order valence-corrected chi connectivity index (χ0v) is 17.6. The Morgan fingerprint density at radius 3 is 2.00 bits per heavy atom. The molecule has 1 spiro atoms. The maximum atomic E-state index is 3.91. The Balaban J connectivity index is 2.16. The number of hydrogen-bond acceptors (Lipinski definition) is 0. The molecule has 0 bridgehead atoms. The summed E-state index contributed by atoms with van der Waals surface area (Å²) in [6, 6.07) is 17.7. The first-order valence-corrected chi connectivity index (χ1v) is 10.1. The molecule has 0 amide bonds. The van der Waals surface area contributed by atoms with Crippen LogP contribution in [-0.4, -0.2) is 0 Å². The lowest BCUT2D eigenvalue weighted by molar-refractivity contribution is 0.776. The van der Waals surface area contributed by atoms with Gasteiger partial charge in [-0.25, -0.2) is 0 Å². The molecule has 0 unspecified atom stereocenters. The molecule has 142 valence electrons. The fraction of sp³-hybridized carbons (Fsp3) is 0.172. The molecule has 0 heterocycles. The average molecular weight is 375 g/mol. The summed E-state index contributed by atoms with van der Waals surface area (Å²) in [6.07, 6.45) is 8.45. The molecule has 0 heteroatoms. The van der Waals surface area contributed by atoms with Gasteiger partial charge in [0.05, 0.1) is 5.41 Å². The molecule has 0 atom stereocenters. The second-order valence-corrected chi connectivity index (χ2v) is 7.72. The number of benzene rings is 2. The Bertz CT molecular complexity index is 1150. The fourth-order valence-corrected chi connectivity index (χ4v) is 5.01. The second-order valence-electron chi connectivity index (χ2n) is 7.72. The minimum absolute atomic E-state index is 0.308. The minimum Gasteiger partial charge on any atom is -0.102 e. The van der Waals surface area contributed by atoms with Crippen molar-refractivity contribution in [2.24, 2.45) is 0 Å². The van der Waals surface area contributed by atoms with E-state index in [1.165, 1.54) is 44.5 Å². The summed E-state index contributed by atoms with van der Waals surface area (Å²) in [5.74, 6) is 6.29. The average Bonchev–Trinajstić information content (AvgIpc) is 3.13. The first kappa shape index (κ1) is 19.0. The first-order chi connectivity index (χ1) is 14.1. The predicted molar refractivity (Wildman–Crippen MR) is 125 cm³/mol. The van der Waals surface area contributed by atoms with Crippen LogP contribution in [0.25, 0.3) is 11.1 Å². The molecule has 2 aliphatic carbocycles. The molecule has 29 heavy (non-hydrogen) atoms. The lowest BCUT2D eigenvalue weighted by Crippen LogP contribution is -2.27. The van der Waals surface area contributed by atoms with Gasteiger partial charge in [-0.3, -0.25) is 0 Å². The summed E-state index contributed by atoms with van der Waals surface area (Å²) in [6.45, 7) is 12.4.